The number of esters is 1. The van der Waals surface area contributed by atoms with Crippen LogP contribution in [0.2, 0.25) is 0 Å². The summed E-state index contributed by atoms with van der Waals surface area (Å²) in [7, 11) is 1.33. The van der Waals surface area contributed by atoms with Gasteiger partial charge in [0.05, 0.1) is 12.6 Å². The molecule has 23 heavy (non-hydrogen) atoms. The second-order valence-corrected chi connectivity index (χ2v) is 5.99. The molecule has 0 amide bonds. The standard InChI is InChI=1S/C18H19NO4/c1-18(2,3)23-17(21)19-11-10-14-12-13(8-9-15(14)19)6-5-7-16(20)22-4/h8-12H,7H2,1-4H3. The molecule has 0 aliphatic carbocycles. The Morgan fingerprint density at radius 1 is 1.22 bits per heavy atom. The van der Waals surface area contributed by atoms with E-state index >= 15 is 0 Å². The predicted octanol–water partition coefficient (Wildman–Crippen LogP) is 3.34. The van der Waals surface area contributed by atoms with Crippen molar-refractivity contribution < 1.29 is 19.1 Å². The number of carbonyl (C=O) groups is 2. The third-order valence-electron chi connectivity index (χ3n) is 2.97. The minimum atomic E-state index is -0.549. The van der Waals surface area contributed by atoms with Crippen LogP contribution in [0.5, 0.6) is 0 Å². The summed E-state index contributed by atoms with van der Waals surface area (Å²) in [6.07, 6.45) is 1.30. The molecule has 2 aromatic rings. The van der Waals surface area contributed by atoms with Crippen LogP contribution in [0.25, 0.3) is 10.9 Å². The molecule has 0 fully saturated rings. The Morgan fingerprint density at radius 2 is 1.96 bits per heavy atom. The molecule has 5 heteroatoms. The van der Waals surface area contributed by atoms with Gasteiger partial charge in [-0.25, -0.2) is 4.79 Å². The van der Waals surface area contributed by atoms with Crippen LogP contribution in [0.3, 0.4) is 0 Å². The van der Waals surface area contributed by atoms with Crippen molar-refractivity contribution in [2.45, 2.75) is 32.8 Å². The summed E-state index contributed by atoms with van der Waals surface area (Å²) in [5, 5.41) is 0.876. The van der Waals surface area contributed by atoms with Gasteiger partial charge in [-0.05, 0) is 45.0 Å². The molecular weight excluding hydrogens is 294 g/mol. The molecule has 0 N–H and O–H groups in total. The lowest BCUT2D eigenvalue weighted by Gasteiger charge is -2.19. The fourth-order valence-corrected chi connectivity index (χ4v) is 1.98. The van der Waals surface area contributed by atoms with Gasteiger partial charge in [0, 0.05) is 17.1 Å². The van der Waals surface area contributed by atoms with Gasteiger partial charge in [0.1, 0.15) is 12.0 Å². The summed E-state index contributed by atoms with van der Waals surface area (Å²) in [4.78, 5) is 23.2. The van der Waals surface area contributed by atoms with Gasteiger partial charge in [-0.2, -0.15) is 0 Å². The van der Waals surface area contributed by atoms with Gasteiger partial charge in [0.15, 0.2) is 0 Å². The molecule has 1 heterocycles. The van der Waals surface area contributed by atoms with E-state index in [1.54, 1.807) is 18.3 Å². The Balaban J connectivity index is 2.23. The van der Waals surface area contributed by atoms with Gasteiger partial charge in [-0.3, -0.25) is 9.36 Å². The number of fused-ring (bicyclic) bond motifs is 1. The summed E-state index contributed by atoms with van der Waals surface area (Å²) in [6.45, 7) is 5.47. The molecule has 0 unspecified atom stereocenters. The van der Waals surface area contributed by atoms with Crippen molar-refractivity contribution >= 4 is 23.0 Å². The monoisotopic (exact) mass is 313 g/mol. The number of methoxy groups -OCH3 is 1. The molecule has 0 aliphatic rings. The van der Waals surface area contributed by atoms with Crippen LogP contribution in [-0.2, 0) is 14.3 Å². The van der Waals surface area contributed by atoms with Crippen molar-refractivity contribution in [3.05, 3.63) is 36.0 Å². The maximum absolute atomic E-state index is 12.2. The molecular formula is C18H19NO4. The van der Waals surface area contributed by atoms with E-state index in [0.29, 0.717) is 0 Å². The fourth-order valence-electron chi connectivity index (χ4n) is 1.98. The normalized spacial score (nSPS) is 10.8. The quantitative estimate of drug-likeness (QED) is 0.598. The Bertz CT molecular complexity index is 800. The van der Waals surface area contributed by atoms with Crippen LogP contribution in [-0.4, -0.2) is 29.3 Å². The van der Waals surface area contributed by atoms with Crippen molar-refractivity contribution in [1.82, 2.24) is 4.57 Å². The van der Waals surface area contributed by atoms with E-state index in [-0.39, 0.29) is 12.4 Å². The highest BCUT2D eigenvalue weighted by Crippen LogP contribution is 2.19. The first kappa shape index (κ1) is 16.6. The van der Waals surface area contributed by atoms with Crippen LogP contribution in [0, 0.1) is 11.8 Å². The number of nitrogens with zero attached hydrogens (tertiary/aromatic N) is 1. The second-order valence-electron chi connectivity index (χ2n) is 5.99. The Hall–Kier alpha value is -2.74. The minimum Gasteiger partial charge on any atom is -0.468 e. The Labute approximate surface area is 135 Å². The maximum atomic E-state index is 12.2. The van der Waals surface area contributed by atoms with Gasteiger partial charge in [0.2, 0.25) is 0 Å². The number of carbonyl (C=O) groups excluding carboxylic acids is 2. The lowest BCUT2D eigenvalue weighted by atomic mass is 10.1. The first-order valence-corrected chi connectivity index (χ1v) is 7.20. The van der Waals surface area contributed by atoms with Crippen molar-refractivity contribution in [3.63, 3.8) is 0 Å². The Morgan fingerprint density at radius 3 is 2.61 bits per heavy atom. The molecule has 120 valence electrons. The van der Waals surface area contributed by atoms with E-state index in [4.69, 9.17) is 4.74 Å². The molecule has 2 rings (SSSR count). The first-order chi connectivity index (χ1) is 10.8. The summed E-state index contributed by atoms with van der Waals surface area (Å²) in [6, 6.07) is 7.29. The van der Waals surface area contributed by atoms with Gasteiger partial charge in [-0.1, -0.05) is 11.8 Å². The van der Waals surface area contributed by atoms with E-state index < -0.39 is 11.7 Å². The lowest BCUT2D eigenvalue weighted by molar-refractivity contribution is -0.139. The topological polar surface area (TPSA) is 57.5 Å². The summed E-state index contributed by atoms with van der Waals surface area (Å²) in [5.41, 5.74) is 0.966. The highest BCUT2D eigenvalue weighted by atomic mass is 16.6. The number of benzene rings is 1. The molecule has 0 atom stereocenters. The van der Waals surface area contributed by atoms with E-state index in [9.17, 15) is 9.59 Å². The van der Waals surface area contributed by atoms with Gasteiger partial charge in [0.25, 0.3) is 0 Å². The highest BCUT2D eigenvalue weighted by molar-refractivity contribution is 5.90. The molecule has 0 bridgehead atoms. The van der Waals surface area contributed by atoms with Crippen LogP contribution in [0.15, 0.2) is 30.5 Å². The molecule has 0 spiro atoms. The zero-order valence-corrected chi connectivity index (χ0v) is 13.7. The average molecular weight is 313 g/mol. The zero-order valence-electron chi connectivity index (χ0n) is 13.7. The molecule has 0 saturated carbocycles. The first-order valence-electron chi connectivity index (χ1n) is 7.20. The van der Waals surface area contributed by atoms with Crippen LogP contribution < -0.4 is 0 Å². The van der Waals surface area contributed by atoms with Crippen molar-refractivity contribution in [1.29, 1.82) is 0 Å². The largest absolute Gasteiger partial charge is 0.468 e. The summed E-state index contributed by atoms with van der Waals surface area (Å²) in [5.74, 6) is 5.29. The number of hydrogen-bond acceptors (Lipinski definition) is 4. The zero-order chi connectivity index (χ0) is 17.0. The van der Waals surface area contributed by atoms with Crippen molar-refractivity contribution in [2.24, 2.45) is 0 Å². The van der Waals surface area contributed by atoms with Crippen LogP contribution in [0.4, 0.5) is 4.79 Å². The van der Waals surface area contributed by atoms with E-state index in [0.717, 1.165) is 16.5 Å². The smallest absolute Gasteiger partial charge is 0.418 e. The SMILES string of the molecule is COC(=O)CC#Cc1ccc2c(ccn2C(=O)OC(C)(C)C)c1. The third-order valence-corrected chi connectivity index (χ3v) is 2.97. The predicted molar refractivity (Wildman–Crippen MR) is 87.1 cm³/mol. The molecule has 0 saturated heterocycles. The van der Waals surface area contributed by atoms with Crippen molar-refractivity contribution in [2.75, 3.05) is 7.11 Å². The van der Waals surface area contributed by atoms with E-state index in [1.165, 1.54) is 11.7 Å². The molecule has 1 aromatic carbocycles. The summed E-state index contributed by atoms with van der Waals surface area (Å²) < 4.78 is 11.4. The number of rotatable bonds is 1. The van der Waals surface area contributed by atoms with Gasteiger partial charge < -0.3 is 9.47 Å². The van der Waals surface area contributed by atoms with E-state index in [1.807, 2.05) is 32.9 Å². The molecule has 1 aromatic heterocycles. The maximum Gasteiger partial charge on any atom is 0.418 e. The highest BCUT2D eigenvalue weighted by Gasteiger charge is 2.18. The van der Waals surface area contributed by atoms with E-state index in [2.05, 4.69) is 16.6 Å². The van der Waals surface area contributed by atoms with Gasteiger partial charge >= 0.3 is 12.1 Å². The second kappa shape index (κ2) is 6.57. The van der Waals surface area contributed by atoms with Crippen molar-refractivity contribution in [3.8, 4) is 11.8 Å². The molecule has 5 nitrogen and oxygen atoms in total. The fraction of sp³-hybridized carbons (Fsp3) is 0.333. The summed E-state index contributed by atoms with van der Waals surface area (Å²) >= 11 is 0. The number of hydrogen-bond donors (Lipinski definition) is 0. The van der Waals surface area contributed by atoms with Crippen LogP contribution in [0.1, 0.15) is 32.8 Å². The number of ether oxygens (including phenoxy) is 2. The number of aromatic nitrogens is 1. The van der Waals surface area contributed by atoms with Crippen LogP contribution >= 0.6 is 0 Å². The molecule has 0 aliphatic heterocycles. The third kappa shape index (κ3) is 4.36. The minimum absolute atomic E-state index is 0.0491. The molecule has 0 radical (unpaired) electrons. The van der Waals surface area contributed by atoms with Gasteiger partial charge in [-0.15, -0.1) is 0 Å². The Kier molecular flexibility index (Phi) is 4.75. The average Bonchev–Trinajstić information content (AvgIpc) is 2.88. The lowest BCUT2D eigenvalue weighted by Crippen LogP contribution is -2.26.